The minimum atomic E-state index is -4.33. The average molecular weight is 305 g/mol. The second-order valence-corrected chi connectivity index (χ2v) is 4.62. The molecule has 0 spiro atoms. The van der Waals surface area contributed by atoms with Gasteiger partial charge in [0.1, 0.15) is 6.61 Å². The number of amides is 1. The minimum absolute atomic E-state index is 0. The van der Waals surface area contributed by atoms with E-state index in [1.165, 1.54) is 0 Å². The minimum Gasteiger partial charge on any atom is -0.370 e. The summed E-state index contributed by atoms with van der Waals surface area (Å²) in [6.45, 7) is -1.07. The van der Waals surface area contributed by atoms with Crippen molar-refractivity contribution in [3.63, 3.8) is 0 Å². The maximum atomic E-state index is 11.9. The Hall–Kier alpha value is -0.530. The predicted octanol–water partition coefficient (Wildman–Crippen LogP) is 1.62. The Labute approximate surface area is 116 Å². The lowest BCUT2D eigenvalue weighted by Gasteiger charge is -2.25. The molecule has 1 saturated carbocycles. The first-order chi connectivity index (χ1) is 8.40. The largest absolute Gasteiger partial charge is 0.411 e. The van der Waals surface area contributed by atoms with Crippen molar-refractivity contribution in [2.24, 2.45) is 11.1 Å². The van der Waals surface area contributed by atoms with Gasteiger partial charge in [-0.1, -0.05) is 12.8 Å². The standard InChI is InChI=1S/C11H19F3N2O2.ClH/c12-11(13,14)8-18-6-5-16-9(17)10(7-15)3-1-2-4-10;/h1-8,15H2,(H,16,17);1H. The highest BCUT2D eigenvalue weighted by molar-refractivity contribution is 5.85. The second kappa shape index (κ2) is 7.91. The lowest BCUT2D eigenvalue weighted by Crippen LogP contribution is -2.45. The Morgan fingerprint density at radius 2 is 1.89 bits per heavy atom. The molecule has 0 bridgehead atoms. The van der Waals surface area contributed by atoms with Crippen LogP contribution in [0, 0.1) is 5.41 Å². The first-order valence-corrected chi connectivity index (χ1v) is 6.02. The van der Waals surface area contributed by atoms with Crippen LogP contribution in [0.15, 0.2) is 0 Å². The Morgan fingerprint density at radius 3 is 2.37 bits per heavy atom. The number of nitrogens with two attached hydrogens (primary N) is 1. The summed E-state index contributed by atoms with van der Waals surface area (Å²) >= 11 is 0. The molecule has 19 heavy (non-hydrogen) atoms. The Kier molecular flexibility index (Phi) is 7.69. The number of hydrogen-bond acceptors (Lipinski definition) is 3. The highest BCUT2D eigenvalue weighted by atomic mass is 35.5. The van der Waals surface area contributed by atoms with Gasteiger partial charge >= 0.3 is 6.18 Å². The van der Waals surface area contributed by atoms with E-state index in [1.54, 1.807) is 0 Å². The molecule has 3 N–H and O–H groups in total. The highest BCUT2D eigenvalue weighted by Gasteiger charge is 2.39. The summed E-state index contributed by atoms with van der Waals surface area (Å²) in [6.07, 6.45) is -0.893. The molecule has 0 aromatic carbocycles. The second-order valence-electron chi connectivity index (χ2n) is 4.62. The molecule has 1 aliphatic rings. The molecule has 0 aromatic heterocycles. The van der Waals surface area contributed by atoms with Crippen LogP contribution in [0.3, 0.4) is 0 Å². The molecular weight excluding hydrogens is 285 g/mol. The third-order valence-electron chi connectivity index (χ3n) is 3.23. The zero-order valence-electron chi connectivity index (χ0n) is 10.6. The molecule has 0 atom stereocenters. The first kappa shape index (κ1) is 18.5. The smallest absolute Gasteiger partial charge is 0.370 e. The van der Waals surface area contributed by atoms with E-state index in [2.05, 4.69) is 10.1 Å². The molecular formula is C11H20ClF3N2O2. The Morgan fingerprint density at radius 1 is 1.32 bits per heavy atom. The van der Waals surface area contributed by atoms with Crippen molar-refractivity contribution >= 4 is 18.3 Å². The van der Waals surface area contributed by atoms with Gasteiger partial charge in [0.15, 0.2) is 0 Å². The van der Waals surface area contributed by atoms with Crippen LogP contribution in [0.1, 0.15) is 25.7 Å². The fourth-order valence-corrected chi connectivity index (χ4v) is 2.19. The van der Waals surface area contributed by atoms with Crippen molar-refractivity contribution in [1.82, 2.24) is 5.32 Å². The molecule has 8 heteroatoms. The summed E-state index contributed by atoms with van der Waals surface area (Å²) in [4.78, 5) is 11.9. The first-order valence-electron chi connectivity index (χ1n) is 6.02. The Bertz CT molecular complexity index is 282. The fraction of sp³-hybridized carbons (Fsp3) is 0.909. The van der Waals surface area contributed by atoms with Crippen molar-refractivity contribution < 1.29 is 22.7 Å². The molecule has 0 aromatic rings. The molecule has 0 saturated heterocycles. The maximum absolute atomic E-state index is 11.9. The molecule has 0 unspecified atom stereocenters. The number of carbonyl (C=O) groups is 1. The molecule has 1 fully saturated rings. The van der Waals surface area contributed by atoms with E-state index in [-0.39, 0.29) is 38.0 Å². The molecule has 1 aliphatic carbocycles. The van der Waals surface area contributed by atoms with Crippen LogP contribution < -0.4 is 11.1 Å². The number of carbonyl (C=O) groups excluding carboxylic acids is 1. The molecule has 1 amide bonds. The van der Waals surface area contributed by atoms with Gasteiger partial charge in [-0.05, 0) is 12.8 Å². The van der Waals surface area contributed by atoms with Gasteiger partial charge in [0, 0.05) is 13.1 Å². The predicted molar refractivity (Wildman–Crippen MR) is 67.1 cm³/mol. The van der Waals surface area contributed by atoms with Gasteiger partial charge in [-0.2, -0.15) is 13.2 Å². The van der Waals surface area contributed by atoms with E-state index in [9.17, 15) is 18.0 Å². The Balaban J connectivity index is 0.00000324. The molecule has 114 valence electrons. The molecule has 0 aliphatic heterocycles. The van der Waals surface area contributed by atoms with Gasteiger partial charge in [0.2, 0.25) is 5.91 Å². The topological polar surface area (TPSA) is 64.4 Å². The van der Waals surface area contributed by atoms with Gasteiger partial charge in [-0.15, -0.1) is 12.4 Å². The summed E-state index contributed by atoms with van der Waals surface area (Å²) in [5.41, 5.74) is 5.09. The number of hydrogen-bond donors (Lipinski definition) is 2. The molecule has 1 rings (SSSR count). The SMILES string of the molecule is Cl.NCC1(C(=O)NCCOCC(F)(F)F)CCCC1. The van der Waals surface area contributed by atoms with Crippen molar-refractivity contribution in [1.29, 1.82) is 0 Å². The number of rotatable bonds is 6. The zero-order chi connectivity index (χ0) is 13.6. The summed E-state index contributed by atoms with van der Waals surface area (Å²) in [6, 6.07) is 0. The summed E-state index contributed by atoms with van der Waals surface area (Å²) in [7, 11) is 0. The number of ether oxygens (including phenoxy) is 1. The van der Waals surface area contributed by atoms with E-state index in [0.29, 0.717) is 0 Å². The van der Waals surface area contributed by atoms with Crippen LogP contribution in [0.2, 0.25) is 0 Å². The third kappa shape index (κ3) is 5.97. The van der Waals surface area contributed by atoms with Crippen LogP contribution in [-0.2, 0) is 9.53 Å². The van der Waals surface area contributed by atoms with Crippen molar-refractivity contribution in [3.05, 3.63) is 0 Å². The molecule has 0 heterocycles. The summed E-state index contributed by atoms with van der Waals surface area (Å²) < 4.78 is 39.7. The van der Waals surface area contributed by atoms with Crippen molar-refractivity contribution in [3.8, 4) is 0 Å². The molecule has 4 nitrogen and oxygen atoms in total. The quantitative estimate of drug-likeness (QED) is 0.733. The summed E-state index contributed by atoms with van der Waals surface area (Å²) in [5.74, 6) is -0.168. The van der Waals surface area contributed by atoms with Gasteiger partial charge < -0.3 is 15.8 Å². The van der Waals surface area contributed by atoms with Crippen LogP contribution in [-0.4, -0.2) is 38.4 Å². The van der Waals surface area contributed by atoms with E-state index in [0.717, 1.165) is 25.7 Å². The van der Waals surface area contributed by atoms with Gasteiger partial charge in [0.25, 0.3) is 0 Å². The van der Waals surface area contributed by atoms with Crippen molar-refractivity contribution in [2.75, 3.05) is 26.3 Å². The maximum Gasteiger partial charge on any atom is 0.411 e. The van der Waals surface area contributed by atoms with Crippen molar-refractivity contribution in [2.45, 2.75) is 31.9 Å². The van der Waals surface area contributed by atoms with Gasteiger partial charge in [0.05, 0.1) is 12.0 Å². The number of halogens is 4. The van der Waals surface area contributed by atoms with E-state index in [1.807, 2.05) is 0 Å². The van der Waals surface area contributed by atoms with Crippen LogP contribution in [0.5, 0.6) is 0 Å². The summed E-state index contributed by atoms with van der Waals surface area (Å²) in [5, 5.41) is 2.59. The number of alkyl halides is 3. The monoisotopic (exact) mass is 304 g/mol. The van der Waals surface area contributed by atoms with Crippen LogP contribution in [0.4, 0.5) is 13.2 Å². The van der Waals surface area contributed by atoms with Gasteiger partial charge in [-0.25, -0.2) is 0 Å². The lowest BCUT2D eigenvalue weighted by molar-refractivity contribution is -0.173. The van der Waals surface area contributed by atoms with E-state index < -0.39 is 18.2 Å². The normalized spacial score (nSPS) is 17.9. The van der Waals surface area contributed by atoms with E-state index >= 15 is 0 Å². The van der Waals surface area contributed by atoms with Gasteiger partial charge in [-0.3, -0.25) is 4.79 Å². The highest BCUT2D eigenvalue weighted by Crippen LogP contribution is 2.37. The fourth-order valence-electron chi connectivity index (χ4n) is 2.19. The van der Waals surface area contributed by atoms with Crippen LogP contribution in [0.25, 0.3) is 0 Å². The van der Waals surface area contributed by atoms with Crippen LogP contribution >= 0.6 is 12.4 Å². The number of nitrogens with one attached hydrogen (secondary N) is 1. The lowest BCUT2D eigenvalue weighted by atomic mass is 9.85. The third-order valence-corrected chi connectivity index (χ3v) is 3.23. The van der Waals surface area contributed by atoms with E-state index in [4.69, 9.17) is 5.73 Å². The average Bonchev–Trinajstić information content (AvgIpc) is 2.76. The zero-order valence-corrected chi connectivity index (χ0v) is 11.4. The molecule has 0 radical (unpaired) electrons.